The number of nitrogens with zero attached hydrogens (tertiary/aromatic N) is 2. The van der Waals surface area contributed by atoms with Crippen molar-refractivity contribution in [2.45, 2.75) is 12.6 Å². The zero-order valence-corrected chi connectivity index (χ0v) is 10.3. The van der Waals surface area contributed by atoms with Crippen LogP contribution < -0.4 is 10.6 Å². The number of alkyl halides is 5. The largest absolute Gasteiger partial charge is 0.416 e. The summed E-state index contributed by atoms with van der Waals surface area (Å²) in [4.78, 5) is 1.03. The predicted molar refractivity (Wildman–Crippen MR) is 63.2 cm³/mol. The minimum absolute atomic E-state index is 0.00796. The normalized spacial score (nSPS) is 12.8. The molecule has 0 amide bonds. The van der Waals surface area contributed by atoms with Crippen LogP contribution in [0.2, 0.25) is 0 Å². The number of benzene rings is 1. The van der Waals surface area contributed by atoms with Crippen LogP contribution in [0.3, 0.4) is 0 Å². The van der Waals surface area contributed by atoms with Gasteiger partial charge in [0.25, 0.3) is 6.43 Å². The van der Waals surface area contributed by atoms with Crippen molar-refractivity contribution < 1.29 is 27.2 Å². The van der Waals surface area contributed by atoms with E-state index in [1.807, 2.05) is 0 Å². The summed E-state index contributed by atoms with van der Waals surface area (Å²) in [5.41, 5.74) is 4.01. The van der Waals surface area contributed by atoms with Crippen LogP contribution in [0.25, 0.3) is 0 Å². The monoisotopic (exact) mass is 297 g/mol. The zero-order chi connectivity index (χ0) is 15.5. The maximum Gasteiger partial charge on any atom is 0.416 e. The predicted octanol–water partition coefficient (Wildman–Crippen LogP) is 2.50. The molecule has 0 unspecified atom stereocenters. The lowest BCUT2D eigenvalue weighted by Crippen LogP contribution is -2.27. The molecule has 0 aromatic heterocycles. The van der Waals surface area contributed by atoms with E-state index in [-0.39, 0.29) is 11.3 Å². The second-order valence-corrected chi connectivity index (χ2v) is 3.99. The van der Waals surface area contributed by atoms with Crippen LogP contribution in [0.4, 0.5) is 27.6 Å². The van der Waals surface area contributed by atoms with Gasteiger partial charge in [-0.3, -0.25) is 0 Å². The number of hydrogen-bond acceptors (Lipinski definition) is 3. The third-order valence-corrected chi connectivity index (χ3v) is 2.53. The molecule has 0 heterocycles. The van der Waals surface area contributed by atoms with Crippen LogP contribution in [0, 0.1) is 0 Å². The average molecular weight is 297 g/mol. The highest BCUT2D eigenvalue weighted by atomic mass is 19.4. The molecule has 0 bridgehead atoms. The minimum Gasteiger partial charge on any atom is -0.409 e. The van der Waals surface area contributed by atoms with Crippen molar-refractivity contribution in [2.24, 2.45) is 10.9 Å². The first-order valence-corrected chi connectivity index (χ1v) is 5.35. The van der Waals surface area contributed by atoms with Crippen molar-refractivity contribution in [1.82, 2.24) is 0 Å². The van der Waals surface area contributed by atoms with Crippen LogP contribution >= 0.6 is 0 Å². The van der Waals surface area contributed by atoms with Gasteiger partial charge in [-0.1, -0.05) is 5.16 Å². The number of rotatable bonds is 4. The highest BCUT2D eigenvalue weighted by molar-refractivity contribution is 6.02. The summed E-state index contributed by atoms with van der Waals surface area (Å²) in [6, 6.07) is 2.39. The van der Waals surface area contributed by atoms with Gasteiger partial charge in [-0.2, -0.15) is 13.2 Å². The molecule has 9 heteroatoms. The fraction of sp³-hybridized carbons (Fsp3) is 0.364. The van der Waals surface area contributed by atoms with Gasteiger partial charge in [0.15, 0.2) is 5.84 Å². The molecule has 0 atom stereocenters. The van der Waals surface area contributed by atoms with E-state index in [0.717, 1.165) is 17.0 Å². The summed E-state index contributed by atoms with van der Waals surface area (Å²) in [6.45, 7) is -0.697. The molecule has 112 valence electrons. The minimum atomic E-state index is -4.62. The van der Waals surface area contributed by atoms with Crippen molar-refractivity contribution in [2.75, 3.05) is 18.5 Å². The van der Waals surface area contributed by atoms with Crippen LogP contribution in [0.1, 0.15) is 11.1 Å². The topological polar surface area (TPSA) is 61.8 Å². The Labute approximate surface area is 111 Å². The highest BCUT2D eigenvalue weighted by Gasteiger charge is 2.31. The van der Waals surface area contributed by atoms with Crippen molar-refractivity contribution in [3.63, 3.8) is 0 Å². The van der Waals surface area contributed by atoms with Crippen LogP contribution in [-0.2, 0) is 6.18 Å². The number of hydrogen-bond donors (Lipinski definition) is 2. The van der Waals surface area contributed by atoms with Crippen LogP contribution in [0.5, 0.6) is 0 Å². The average Bonchev–Trinajstić information content (AvgIpc) is 2.35. The lowest BCUT2D eigenvalue weighted by atomic mass is 10.1. The Kier molecular flexibility index (Phi) is 4.74. The van der Waals surface area contributed by atoms with Gasteiger partial charge in [0, 0.05) is 18.3 Å². The Morgan fingerprint density at radius 3 is 2.45 bits per heavy atom. The number of nitrogens with two attached hydrogens (primary N) is 1. The second kappa shape index (κ2) is 5.93. The molecule has 0 aliphatic heterocycles. The molecular weight excluding hydrogens is 285 g/mol. The van der Waals surface area contributed by atoms with E-state index in [4.69, 9.17) is 10.9 Å². The Morgan fingerprint density at radius 2 is 2.00 bits per heavy atom. The quantitative estimate of drug-likeness (QED) is 0.295. The third-order valence-electron chi connectivity index (χ3n) is 2.53. The van der Waals surface area contributed by atoms with Gasteiger partial charge in [0.05, 0.1) is 12.1 Å². The van der Waals surface area contributed by atoms with E-state index < -0.39 is 30.5 Å². The number of halogens is 5. The smallest absolute Gasteiger partial charge is 0.409 e. The molecule has 1 rings (SSSR count). The third kappa shape index (κ3) is 3.72. The summed E-state index contributed by atoms with van der Waals surface area (Å²) >= 11 is 0. The molecule has 0 aliphatic carbocycles. The first-order valence-electron chi connectivity index (χ1n) is 5.35. The summed E-state index contributed by atoms with van der Waals surface area (Å²) in [6.07, 6.45) is -7.30. The molecule has 1 aromatic carbocycles. The van der Waals surface area contributed by atoms with Gasteiger partial charge in [-0.25, -0.2) is 8.78 Å². The maximum atomic E-state index is 12.6. The fourth-order valence-corrected chi connectivity index (χ4v) is 1.61. The van der Waals surface area contributed by atoms with E-state index in [2.05, 4.69) is 5.16 Å². The van der Waals surface area contributed by atoms with Gasteiger partial charge in [-0.15, -0.1) is 0 Å². The lowest BCUT2D eigenvalue weighted by molar-refractivity contribution is -0.137. The molecule has 4 nitrogen and oxygen atoms in total. The SMILES string of the molecule is CN(CC(F)F)c1ccc(C(F)(F)F)cc1/C(N)=N/O. The summed E-state index contributed by atoms with van der Waals surface area (Å²) in [5, 5.41) is 11.2. The molecule has 0 aliphatic rings. The summed E-state index contributed by atoms with van der Waals surface area (Å²) < 4.78 is 62.4. The van der Waals surface area contributed by atoms with E-state index >= 15 is 0 Å². The van der Waals surface area contributed by atoms with E-state index in [0.29, 0.717) is 6.07 Å². The van der Waals surface area contributed by atoms with Gasteiger partial charge in [0.2, 0.25) is 0 Å². The fourth-order valence-electron chi connectivity index (χ4n) is 1.61. The van der Waals surface area contributed by atoms with Crippen LogP contribution in [0.15, 0.2) is 23.4 Å². The lowest BCUT2D eigenvalue weighted by Gasteiger charge is -2.22. The van der Waals surface area contributed by atoms with Gasteiger partial charge >= 0.3 is 6.18 Å². The van der Waals surface area contributed by atoms with Gasteiger partial charge in [-0.05, 0) is 18.2 Å². The molecule has 20 heavy (non-hydrogen) atoms. The maximum absolute atomic E-state index is 12.6. The Bertz CT molecular complexity index is 501. The first kappa shape index (κ1) is 16.0. The zero-order valence-electron chi connectivity index (χ0n) is 10.3. The van der Waals surface area contributed by atoms with Crippen molar-refractivity contribution in [1.29, 1.82) is 0 Å². The van der Waals surface area contributed by atoms with Gasteiger partial charge < -0.3 is 15.8 Å². The number of oxime groups is 1. The van der Waals surface area contributed by atoms with E-state index in [9.17, 15) is 22.0 Å². The molecule has 0 fully saturated rings. The number of anilines is 1. The first-order chi connectivity index (χ1) is 9.16. The molecule has 1 aromatic rings. The summed E-state index contributed by atoms with van der Waals surface area (Å²) in [5.74, 6) is -0.591. The molecule has 0 spiro atoms. The Morgan fingerprint density at radius 1 is 1.40 bits per heavy atom. The standard InChI is InChI=1S/C11H12F5N3O/c1-19(5-9(12)13)8-3-2-6(11(14,15)16)4-7(8)10(17)18-20/h2-4,9,20H,5H2,1H3,(H2,17,18). The van der Waals surface area contributed by atoms with E-state index in [1.165, 1.54) is 7.05 Å². The highest BCUT2D eigenvalue weighted by Crippen LogP contribution is 2.32. The number of amidine groups is 1. The van der Waals surface area contributed by atoms with Crippen molar-refractivity contribution in [3.8, 4) is 0 Å². The molecule has 0 radical (unpaired) electrons. The molecule has 0 saturated carbocycles. The van der Waals surface area contributed by atoms with Crippen molar-refractivity contribution >= 4 is 11.5 Å². The molecule has 0 saturated heterocycles. The van der Waals surface area contributed by atoms with Gasteiger partial charge in [0.1, 0.15) is 0 Å². The second-order valence-electron chi connectivity index (χ2n) is 3.99. The van der Waals surface area contributed by atoms with Crippen LogP contribution in [-0.4, -0.2) is 31.1 Å². The molecule has 3 N–H and O–H groups in total. The Hall–Kier alpha value is -2.06. The van der Waals surface area contributed by atoms with E-state index in [1.54, 1.807) is 0 Å². The molecular formula is C11H12F5N3O. The summed E-state index contributed by atoms with van der Waals surface area (Å²) in [7, 11) is 1.27. The van der Waals surface area contributed by atoms with Crippen molar-refractivity contribution in [3.05, 3.63) is 29.3 Å². The Balaban J connectivity index is 3.31.